The van der Waals surface area contributed by atoms with Crippen molar-refractivity contribution in [2.24, 2.45) is 0 Å². The summed E-state index contributed by atoms with van der Waals surface area (Å²) in [6, 6.07) is 7.27. The highest BCUT2D eigenvalue weighted by atomic mass is 16.5. The van der Waals surface area contributed by atoms with E-state index in [1.807, 2.05) is 12.1 Å². The molecule has 1 aromatic heterocycles. The van der Waals surface area contributed by atoms with Crippen molar-refractivity contribution in [3.63, 3.8) is 0 Å². The van der Waals surface area contributed by atoms with Crippen LogP contribution >= 0.6 is 0 Å². The number of nitrogens with zero attached hydrogens (tertiary/aromatic N) is 2. The number of ether oxygens (including phenoxy) is 3. The molecule has 0 unspecified atom stereocenters. The SMILES string of the molecule is COCCNc1ncnc(Oc2ccccc2OC)c1N. The molecule has 0 aliphatic heterocycles. The molecule has 2 rings (SSSR count). The fourth-order valence-corrected chi connectivity index (χ4v) is 1.68. The molecule has 21 heavy (non-hydrogen) atoms. The number of nitrogen functional groups attached to an aromatic ring is 1. The average Bonchev–Trinajstić information content (AvgIpc) is 2.51. The summed E-state index contributed by atoms with van der Waals surface area (Å²) < 4.78 is 15.9. The van der Waals surface area contributed by atoms with E-state index in [0.717, 1.165) is 0 Å². The first-order valence-electron chi connectivity index (χ1n) is 6.40. The van der Waals surface area contributed by atoms with E-state index in [2.05, 4.69) is 15.3 Å². The molecule has 0 spiro atoms. The van der Waals surface area contributed by atoms with E-state index < -0.39 is 0 Å². The van der Waals surface area contributed by atoms with Gasteiger partial charge >= 0.3 is 0 Å². The average molecular weight is 290 g/mol. The largest absolute Gasteiger partial charge is 0.493 e. The minimum atomic E-state index is 0.273. The lowest BCUT2D eigenvalue weighted by atomic mass is 10.3. The predicted molar refractivity (Wildman–Crippen MR) is 79.9 cm³/mol. The van der Waals surface area contributed by atoms with Crippen LogP contribution in [0.5, 0.6) is 17.4 Å². The second-order valence-corrected chi connectivity index (χ2v) is 4.11. The molecule has 0 aliphatic carbocycles. The minimum absolute atomic E-state index is 0.273. The Hall–Kier alpha value is -2.54. The second kappa shape index (κ2) is 7.30. The second-order valence-electron chi connectivity index (χ2n) is 4.11. The van der Waals surface area contributed by atoms with Crippen LogP contribution in [0.3, 0.4) is 0 Å². The van der Waals surface area contributed by atoms with Gasteiger partial charge in [0.05, 0.1) is 13.7 Å². The fourth-order valence-electron chi connectivity index (χ4n) is 1.68. The van der Waals surface area contributed by atoms with E-state index in [9.17, 15) is 0 Å². The molecule has 112 valence electrons. The fraction of sp³-hybridized carbons (Fsp3) is 0.286. The zero-order valence-corrected chi connectivity index (χ0v) is 12.0. The van der Waals surface area contributed by atoms with Crippen molar-refractivity contribution in [2.75, 3.05) is 38.4 Å². The van der Waals surface area contributed by atoms with Crippen molar-refractivity contribution in [1.29, 1.82) is 0 Å². The molecule has 2 aromatic rings. The van der Waals surface area contributed by atoms with E-state index in [4.69, 9.17) is 19.9 Å². The molecule has 0 fully saturated rings. The van der Waals surface area contributed by atoms with Crippen molar-refractivity contribution in [1.82, 2.24) is 9.97 Å². The Kier molecular flexibility index (Phi) is 5.16. The van der Waals surface area contributed by atoms with E-state index in [0.29, 0.717) is 36.2 Å². The van der Waals surface area contributed by atoms with Crippen molar-refractivity contribution >= 4 is 11.5 Å². The Morgan fingerprint density at radius 3 is 2.62 bits per heavy atom. The Morgan fingerprint density at radius 1 is 1.14 bits per heavy atom. The van der Waals surface area contributed by atoms with Crippen LogP contribution in [0, 0.1) is 0 Å². The molecule has 0 amide bonds. The molecule has 0 atom stereocenters. The molecular weight excluding hydrogens is 272 g/mol. The molecule has 1 aromatic carbocycles. The van der Waals surface area contributed by atoms with Crippen LogP contribution < -0.4 is 20.5 Å². The van der Waals surface area contributed by atoms with E-state index in [-0.39, 0.29) is 5.88 Å². The summed E-state index contributed by atoms with van der Waals surface area (Å²) in [5.41, 5.74) is 6.34. The van der Waals surface area contributed by atoms with Gasteiger partial charge in [0.15, 0.2) is 17.3 Å². The van der Waals surface area contributed by atoms with Gasteiger partial charge in [0.25, 0.3) is 0 Å². The molecule has 0 bridgehead atoms. The van der Waals surface area contributed by atoms with Crippen molar-refractivity contribution in [3.8, 4) is 17.4 Å². The van der Waals surface area contributed by atoms with Crippen LogP contribution in [0.15, 0.2) is 30.6 Å². The highest BCUT2D eigenvalue weighted by Crippen LogP contribution is 2.34. The first-order valence-corrected chi connectivity index (χ1v) is 6.40. The Labute approximate surface area is 123 Å². The summed E-state index contributed by atoms with van der Waals surface area (Å²) in [5, 5.41) is 3.06. The lowest BCUT2D eigenvalue weighted by Crippen LogP contribution is -2.11. The molecular formula is C14H18N4O3. The van der Waals surface area contributed by atoms with Gasteiger partial charge in [-0.25, -0.2) is 4.98 Å². The van der Waals surface area contributed by atoms with Crippen LogP contribution in [0.4, 0.5) is 11.5 Å². The van der Waals surface area contributed by atoms with Crippen molar-refractivity contribution in [2.45, 2.75) is 0 Å². The summed E-state index contributed by atoms with van der Waals surface area (Å²) in [5.74, 6) is 1.92. The quantitative estimate of drug-likeness (QED) is 0.753. The molecule has 0 saturated carbocycles. The van der Waals surface area contributed by atoms with E-state index in [1.165, 1.54) is 6.33 Å². The summed E-state index contributed by atoms with van der Waals surface area (Å²) in [6.07, 6.45) is 1.39. The topological polar surface area (TPSA) is 91.5 Å². The molecule has 0 radical (unpaired) electrons. The maximum Gasteiger partial charge on any atom is 0.248 e. The van der Waals surface area contributed by atoms with Crippen LogP contribution in [-0.2, 0) is 4.74 Å². The number of rotatable bonds is 7. The normalized spacial score (nSPS) is 10.2. The maximum atomic E-state index is 6.01. The van der Waals surface area contributed by atoms with Gasteiger partial charge in [-0.2, -0.15) is 4.98 Å². The summed E-state index contributed by atoms with van der Waals surface area (Å²) in [6.45, 7) is 1.14. The number of hydrogen-bond acceptors (Lipinski definition) is 7. The first-order chi connectivity index (χ1) is 10.3. The zero-order chi connectivity index (χ0) is 15.1. The number of anilines is 2. The number of aromatic nitrogens is 2. The Balaban J connectivity index is 2.18. The molecule has 7 heteroatoms. The lowest BCUT2D eigenvalue weighted by molar-refractivity contribution is 0.210. The summed E-state index contributed by atoms with van der Waals surface area (Å²) in [7, 11) is 3.20. The summed E-state index contributed by atoms with van der Waals surface area (Å²) in [4.78, 5) is 8.13. The van der Waals surface area contributed by atoms with Crippen LogP contribution in [0.1, 0.15) is 0 Å². The van der Waals surface area contributed by atoms with Gasteiger partial charge in [-0.3, -0.25) is 0 Å². The minimum Gasteiger partial charge on any atom is -0.493 e. The molecule has 1 heterocycles. The summed E-state index contributed by atoms with van der Waals surface area (Å²) >= 11 is 0. The van der Waals surface area contributed by atoms with Gasteiger partial charge in [0.1, 0.15) is 12.0 Å². The van der Waals surface area contributed by atoms with Gasteiger partial charge in [0, 0.05) is 13.7 Å². The Morgan fingerprint density at radius 2 is 1.90 bits per heavy atom. The molecule has 0 saturated heterocycles. The lowest BCUT2D eigenvalue weighted by Gasteiger charge is -2.13. The van der Waals surface area contributed by atoms with Crippen LogP contribution in [-0.4, -0.2) is 37.3 Å². The highest BCUT2D eigenvalue weighted by molar-refractivity contribution is 5.67. The number of nitrogens with two attached hydrogens (primary N) is 1. The number of hydrogen-bond donors (Lipinski definition) is 2. The van der Waals surface area contributed by atoms with E-state index >= 15 is 0 Å². The first kappa shape index (κ1) is 14.9. The number of benzene rings is 1. The smallest absolute Gasteiger partial charge is 0.248 e. The third-order valence-electron chi connectivity index (χ3n) is 2.72. The third kappa shape index (κ3) is 3.73. The van der Waals surface area contributed by atoms with Crippen molar-refractivity contribution < 1.29 is 14.2 Å². The van der Waals surface area contributed by atoms with Crippen LogP contribution in [0.25, 0.3) is 0 Å². The van der Waals surface area contributed by atoms with Gasteiger partial charge in [-0.05, 0) is 12.1 Å². The maximum absolute atomic E-state index is 6.01. The molecule has 3 N–H and O–H groups in total. The Bertz CT molecular complexity index is 592. The number of methoxy groups -OCH3 is 2. The van der Waals surface area contributed by atoms with Crippen molar-refractivity contribution in [3.05, 3.63) is 30.6 Å². The number of para-hydroxylation sites is 2. The van der Waals surface area contributed by atoms with Gasteiger partial charge in [-0.15, -0.1) is 0 Å². The molecule has 0 aliphatic rings. The zero-order valence-electron chi connectivity index (χ0n) is 12.0. The highest BCUT2D eigenvalue weighted by Gasteiger charge is 2.12. The van der Waals surface area contributed by atoms with Gasteiger partial charge < -0.3 is 25.3 Å². The number of nitrogens with one attached hydrogen (secondary N) is 1. The van der Waals surface area contributed by atoms with E-state index in [1.54, 1.807) is 26.4 Å². The standard InChI is InChI=1S/C14H18N4O3/c1-19-8-7-16-13-12(15)14(18-9-17-13)21-11-6-4-3-5-10(11)20-2/h3-6,9H,7-8,15H2,1-2H3,(H,16,17,18). The van der Waals surface area contributed by atoms with Gasteiger partial charge in [0.2, 0.25) is 5.88 Å². The third-order valence-corrected chi connectivity index (χ3v) is 2.72. The molecule has 7 nitrogen and oxygen atoms in total. The predicted octanol–water partition coefficient (Wildman–Crippen LogP) is 1.92. The van der Waals surface area contributed by atoms with Gasteiger partial charge in [-0.1, -0.05) is 12.1 Å². The van der Waals surface area contributed by atoms with Crippen LogP contribution in [0.2, 0.25) is 0 Å². The monoisotopic (exact) mass is 290 g/mol.